The van der Waals surface area contributed by atoms with Gasteiger partial charge in [-0.05, 0) is 54.5 Å². The van der Waals surface area contributed by atoms with E-state index in [1.54, 1.807) is 41.5 Å². The average Bonchev–Trinajstić information content (AvgIpc) is 2.28. The van der Waals surface area contributed by atoms with Crippen LogP contribution in [0.15, 0.2) is 0 Å². The highest BCUT2D eigenvalue weighted by atomic mass is 16.8. The largest absolute Gasteiger partial charge is 0.444 e. The molecule has 0 saturated heterocycles. The van der Waals surface area contributed by atoms with Crippen LogP contribution in [0.3, 0.4) is 0 Å². The SMILES string of the molecule is CCCNCCON(C(=O)OC(C)(C)C)C(=O)OC(C)(C)C. The molecular formula is C15H30N2O5. The van der Waals surface area contributed by atoms with E-state index in [0.29, 0.717) is 11.6 Å². The lowest BCUT2D eigenvalue weighted by molar-refractivity contribution is -0.137. The topological polar surface area (TPSA) is 77.1 Å². The van der Waals surface area contributed by atoms with E-state index in [-0.39, 0.29) is 6.61 Å². The molecule has 0 bridgehead atoms. The molecule has 0 unspecified atom stereocenters. The molecule has 7 nitrogen and oxygen atoms in total. The van der Waals surface area contributed by atoms with Gasteiger partial charge < -0.3 is 14.8 Å². The maximum Gasteiger partial charge on any atom is 0.444 e. The second kappa shape index (κ2) is 8.95. The number of ether oxygens (including phenoxy) is 2. The average molecular weight is 318 g/mol. The van der Waals surface area contributed by atoms with Crippen LogP contribution in [-0.2, 0) is 14.3 Å². The van der Waals surface area contributed by atoms with Crippen LogP contribution in [0.25, 0.3) is 0 Å². The van der Waals surface area contributed by atoms with E-state index in [9.17, 15) is 9.59 Å². The number of carbonyl (C=O) groups excluding carboxylic acids is 2. The molecule has 0 atom stereocenters. The standard InChI is InChI=1S/C15H30N2O5/c1-8-9-16-10-11-20-17(12(18)21-14(2,3)4)13(19)22-15(5,6)7/h16H,8-11H2,1-7H3. The number of hydroxylamine groups is 2. The second-order valence-electron chi connectivity index (χ2n) is 6.84. The Hall–Kier alpha value is -1.34. The van der Waals surface area contributed by atoms with Crippen molar-refractivity contribution < 1.29 is 23.9 Å². The van der Waals surface area contributed by atoms with Gasteiger partial charge in [-0.1, -0.05) is 12.0 Å². The van der Waals surface area contributed by atoms with Gasteiger partial charge in [0.25, 0.3) is 0 Å². The monoisotopic (exact) mass is 318 g/mol. The van der Waals surface area contributed by atoms with Crippen molar-refractivity contribution in [3.05, 3.63) is 0 Å². The third kappa shape index (κ3) is 10.4. The first-order chi connectivity index (χ1) is 9.96. The minimum Gasteiger partial charge on any atom is -0.442 e. The molecule has 0 radical (unpaired) electrons. The van der Waals surface area contributed by atoms with Crippen molar-refractivity contribution in [3.63, 3.8) is 0 Å². The summed E-state index contributed by atoms with van der Waals surface area (Å²) in [4.78, 5) is 29.4. The van der Waals surface area contributed by atoms with E-state index >= 15 is 0 Å². The van der Waals surface area contributed by atoms with Gasteiger partial charge in [0.15, 0.2) is 0 Å². The number of amides is 2. The second-order valence-corrected chi connectivity index (χ2v) is 6.84. The molecule has 0 spiro atoms. The molecule has 0 aromatic rings. The molecule has 1 N–H and O–H groups in total. The number of nitrogens with one attached hydrogen (secondary N) is 1. The maximum atomic E-state index is 12.1. The Labute approximate surface area is 133 Å². The molecule has 0 rings (SSSR count). The van der Waals surface area contributed by atoms with Crippen LogP contribution >= 0.6 is 0 Å². The van der Waals surface area contributed by atoms with E-state index in [2.05, 4.69) is 5.32 Å². The van der Waals surface area contributed by atoms with Crippen LogP contribution in [0.1, 0.15) is 54.9 Å². The van der Waals surface area contributed by atoms with Crippen molar-refractivity contribution in [1.29, 1.82) is 0 Å². The van der Waals surface area contributed by atoms with Gasteiger partial charge in [0.1, 0.15) is 11.2 Å². The van der Waals surface area contributed by atoms with Crippen molar-refractivity contribution >= 4 is 12.2 Å². The van der Waals surface area contributed by atoms with Gasteiger partial charge in [-0.25, -0.2) is 9.59 Å². The molecule has 2 amide bonds. The Morgan fingerprint density at radius 2 is 1.36 bits per heavy atom. The molecule has 0 saturated carbocycles. The van der Waals surface area contributed by atoms with Crippen molar-refractivity contribution in [2.45, 2.75) is 66.1 Å². The first-order valence-electron chi connectivity index (χ1n) is 7.56. The predicted molar refractivity (Wildman–Crippen MR) is 83.4 cm³/mol. The third-order valence-corrected chi connectivity index (χ3v) is 2.04. The Balaban J connectivity index is 4.69. The van der Waals surface area contributed by atoms with Crippen LogP contribution in [0.4, 0.5) is 9.59 Å². The fourth-order valence-corrected chi connectivity index (χ4v) is 1.30. The summed E-state index contributed by atoms with van der Waals surface area (Å²) < 4.78 is 10.3. The Morgan fingerprint density at radius 1 is 0.909 bits per heavy atom. The van der Waals surface area contributed by atoms with Gasteiger partial charge in [-0.3, -0.25) is 4.84 Å². The van der Waals surface area contributed by atoms with Gasteiger partial charge >= 0.3 is 12.2 Å². The lowest BCUT2D eigenvalue weighted by Crippen LogP contribution is -2.44. The Morgan fingerprint density at radius 3 is 1.73 bits per heavy atom. The number of nitrogens with zero attached hydrogens (tertiary/aromatic N) is 1. The number of rotatable bonds is 6. The van der Waals surface area contributed by atoms with E-state index < -0.39 is 23.4 Å². The van der Waals surface area contributed by atoms with Crippen LogP contribution in [0, 0.1) is 0 Å². The quantitative estimate of drug-likeness (QED) is 0.599. The van der Waals surface area contributed by atoms with Gasteiger partial charge in [0.05, 0.1) is 6.61 Å². The minimum atomic E-state index is -0.891. The van der Waals surface area contributed by atoms with E-state index in [1.807, 2.05) is 6.92 Å². The first-order valence-corrected chi connectivity index (χ1v) is 7.56. The normalized spacial score (nSPS) is 12.0. The molecule has 0 aromatic heterocycles. The number of hydrogen-bond donors (Lipinski definition) is 1. The summed E-state index contributed by atoms with van der Waals surface area (Å²) >= 11 is 0. The van der Waals surface area contributed by atoms with Gasteiger partial charge in [0, 0.05) is 6.54 Å². The molecule has 7 heteroatoms. The smallest absolute Gasteiger partial charge is 0.442 e. The summed E-state index contributed by atoms with van der Waals surface area (Å²) in [5, 5.41) is 3.64. The minimum absolute atomic E-state index is 0.151. The van der Waals surface area contributed by atoms with Gasteiger partial charge in [-0.2, -0.15) is 0 Å². The zero-order valence-electron chi connectivity index (χ0n) is 14.8. The van der Waals surface area contributed by atoms with Crippen LogP contribution < -0.4 is 5.32 Å². The van der Waals surface area contributed by atoms with Crippen molar-refractivity contribution in [1.82, 2.24) is 10.4 Å². The fourth-order valence-electron chi connectivity index (χ4n) is 1.30. The summed E-state index contributed by atoms with van der Waals surface area (Å²) in [6.45, 7) is 13.8. The zero-order valence-corrected chi connectivity index (χ0v) is 14.8. The Kier molecular flexibility index (Phi) is 8.40. The van der Waals surface area contributed by atoms with Crippen molar-refractivity contribution in [2.75, 3.05) is 19.7 Å². The summed E-state index contributed by atoms with van der Waals surface area (Å²) in [6, 6.07) is 0. The first kappa shape index (κ1) is 20.7. The number of hydrogen-bond acceptors (Lipinski definition) is 6. The zero-order chi connectivity index (χ0) is 17.4. The van der Waals surface area contributed by atoms with E-state index in [1.165, 1.54) is 0 Å². The van der Waals surface area contributed by atoms with Gasteiger partial charge in [-0.15, -0.1) is 0 Å². The van der Waals surface area contributed by atoms with Crippen LogP contribution in [-0.4, -0.2) is 48.1 Å². The highest BCUT2D eigenvalue weighted by molar-refractivity contribution is 5.86. The summed E-state index contributed by atoms with van der Waals surface area (Å²) in [7, 11) is 0. The van der Waals surface area contributed by atoms with E-state index in [4.69, 9.17) is 14.3 Å². The van der Waals surface area contributed by atoms with Crippen LogP contribution in [0.2, 0.25) is 0 Å². The molecule has 0 fully saturated rings. The summed E-state index contributed by atoms with van der Waals surface area (Å²) in [5.74, 6) is 0. The van der Waals surface area contributed by atoms with E-state index in [0.717, 1.165) is 13.0 Å². The maximum absolute atomic E-state index is 12.1. The predicted octanol–water partition coefficient (Wildman–Crippen LogP) is 3.09. The highest BCUT2D eigenvalue weighted by Crippen LogP contribution is 2.14. The van der Waals surface area contributed by atoms with Crippen LogP contribution in [0.5, 0.6) is 0 Å². The lowest BCUT2D eigenvalue weighted by Gasteiger charge is -2.27. The van der Waals surface area contributed by atoms with Crippen molar-refractivity contribution in [2.24, 2.45) is 0 Å². The lowest BCUT2D eigenvalue weighted by atomic mass is 10.2. The number of carbonyl (C=O) groups is 2. The molecule has 130 valence electrons. The summed E-state index contributed by atoms with van der Waals surface area (Å²) in [6.07, 6.45) is -0.795. The Bertz CT molecular complexity index is 330. The molecule has 0 aromatic carbocycles. The third-order valence-electron chi connectivity index (χ3n) is 2.04. The highest BCUT2D eigenvalue weighted by Gasteiger charge is 2.32. The summed E-state index contributed by atoms with van der Waals surface area (Å²) in [5.41, 5.74) is -1.47. The molecule has 22 heavy (non-hydrogen) atoms. The van der Waals surface area contributed by atoms with Crippen molar-refractivity contribution in [3.8, 4) is 0 Å². The number of imide groups is 1. The molecular weight excluding hydrogens is 288 g/mol. The van der Waals surface area contributed by atoms with Gasteiger partial charge in [0.2, 0.25) is 0 Å². The molecule has 0 aliphatic rings. The molecule has 0 aliphatic carbocycles. The fraction of sp³-hybridized carbons (Fsp3) is 0.867. The molecule has 0 aliphatic heterocycles. The molecule has 0 heterocycles.